The van der Waals surface area contributed by atoms with Gasteiger partial charge in [0.25, 0.3) is 0 Å². The minimum absolute atomic E-state index is 0.0550. The van der Waals surface area contributed by atoms with Crippen molar-refractivity contribution in [3.05, 3.63) is 23.9 Å². The molecule has 7 nitrogen and oxygen atoms in total. The molecule has 0 saturated carbocycles. The summed E-state index contributed by atoms with van der Waals surface area (Å²) in [4.78, 5) is 23.6. The van der Waals surface area contributed by atoms with Crippen LogP contribution in [0, 0.1) is 6.92 Å². The first kappa shape index (κ1) is 22.1. The largest absolute Gasteiger partial charge is 0.357 e. The summed E-state index contributed by atoms with van der Waals surface area (Å²) < 4.78 is 0. The summed E-state index contributed by atoms with van der Waals surface area (Å²) in [5.74, 6) is 1.31. The van der Waals surface area contributed by atoms with E-state index in [4.69, 9.17) is 0 Å². The summed E-state index contributed by atoms with van der Waals surface area (Å²) in [7, 11) is 0. The Kier molecular flexibility index (Phi) is 9.76. The molecule has 1 aromatic heterocycles. The number of hydrogen-bond acceptors (Lipinski definition) is 4. The third-order valence-corrected chi connectivity index (χ3v) is 5.02. The average Bonchev–Trinajstić information content (AvgIpc) is 2.68. The normalized spacial score (nSPS) is 18.0. The monoisotopic (exact) mass is 388 g/mol. The average molecular weight is 389 g/mol. The van der Waals surface area contributed by atoms with E-state index in [-0.39, 0.29) is 5.91 Å². The van der Waals surface area contributed by atoms with Crippen molar-refractivity contribution in [2.24, 2.45) is 4.99 Å². The molecule has 2 heterocycles. The van der Waals surface area contributed by atoms with Crippen LogP contribution in [0.4, 0.5) is 5.82 Å². The molecule has 0 radical (unpaired) electrons. The Morgan fingerprint density at radius 3 is 2.89 bits per heavy atom. The fourth-order valence-electron chi connectivity index (χ4n) is 3.56. The SMILES string of the molecule is CCNC(=NCCN1CCCCC1CC)NCCC(=O)Nc1cccc(C)n1. The van der Waals surface area contributed by atoms with Gasteiger partial charge in [-0.2, -0.15) is 0 Å². The van der Waals surface area contributed by atoms with Crippen molar-refractivity contribution in [3.63, 3.8) is 0 Å². The van der Waals surface area contributed by atoms with Gasteiger partial charge in [-0.1, -0.05) is 19.4 Å². The molecule has 156 valence electrons. The summed E-state index contributed by atoms with van der Waals surface area (Å²) in [6.45, 7) is 10.5. The van der Waals surface area contributed by atoms with Gasteiger partial charge in [-0.25, -0.2) is 4.98 Å². The number of nitrogens with one attached hydrogen (secondary N) is 3. The highest BCUT2D eigenvalue weighted by Gasteiger charge is 2.19. The number of rotatable bonds is 9. The molecule has 1 fully saturated rings. The van der Waals surface area contributed by atoms with Gasteiger partial charge in [0.05, 0.1) is 6.54 Å². The molecule has 0 spiro atoms. The Morgan fingerprint density at radius 2 is 2.14 bits per heavy atom. The van der Waals surface area contributed by atoms with Gasteiger partial charge in [-0.05, 0) is 51.8 Å². The minimum Gasteiger partial charge on any atom is -0.357 e. The quantitative estimate of drug-likeness (QED) is 0.447. The number of amides is 1. The number of carbonyl (C=O) groups excluding carboxylic acids is 1. The zero-order valence-electron chi connectivity index (χ0n) is 17.6. The van der Waals surface area contributed by atoms with E-state index in [1.807, 2.05) is 26.0 Å². The third-order valence-electron chi connectivity index (χ3n) is 5.02. The number of anilines is 1. The molecule has 0 aromatic carbocycles. The summed E-state index contributed by atoms with van der Waals surface area (Å²) in [5.41, 5.74) is 0.886. The van der Waals surface area contributed by atoms with Gasteiger partial charge in [0.1, 0.15) is 5.82 Å². The summed E-state index contributed by atoms with van der Waals surface area (Å²) in [6.07, 6.45) is 5.53. The van der Waals surface area contributed by atoms with Crippen LogP contribution in [0.25, 0.3) is 0 Å². The third kappa shape index (κ3) is 7.84. The number of pyridine rings is 1. The van der Waals surface area contributed by atoms with E-state index in [1.54, 1.807) is 6.07 Å². The van der Waals surface area contributed by atoms with Gasteiger partial charge < -0.3 is 16.0 Å². The number of nitrogens with zero attached hydrogens (tertiary/aromatic N) is 3. The van der Waals surface area contributed by atoms with Crippen LogP contribution in [0.2, 0.25) is 0 Å². The second-order valence-corrected chi connectivity index (χ2v) is 7.24. The van der Waals surface area contributed by atoms with Crippen molar-refractivity contribution in [2.75, 3.05) is 38.0 Å². The van der Waals surface area contributed by atoms with Crippen molar-refractivity contribution in [2.45, 2.75) is 58.9 Å². The molecule has 1 aliphatic heterocycles. The number of guanidine groups is 1. The summed E-state index contributed by atoms with van der Waals surface area (Å²) in [6, 6.07) is 6.30. The molecule has 3 N–H and O–H groups in total. The van der Waals surface area contributed by atoms with Crippen molar-refractivity contribution in [1.29, 1.82) is 0 Å². The lowest BCUT2D eigenvalue weighted by Crippen LogP contribution is -2.42. The Balaban J connectivity index is 1.73. The molecule has 0 aliphatic carbocycles. The van der Waals surface area contributed by atoms with Crippen molar-refractivity contribution < 1.29 is 4.79 Å². The van der Waals surface area contributed by atoms with Crippen LogP contribution in [0.5, 0.6) is 0 Å². The number of hydrogen-bond donors (Lipinski definition) is 3. The number of piperidine rings is 1. The zero-order valence-corrected chi connectivity index (χ0v) is 17.6. The molecule has 1 saturated heterocycles. The highest BCUT2D eigenvalue weighted by molar-refractivity contribution is 5.90. The maximum Gasteiger partial charge on any atom is 0.227 e. The fraction of sp³-hybridized carbons (Fsp3) is 0.667. The van der Waals surface area contributed by atoms with Crippen molar-refractivity contribution in [3.8, 4) is 0 Å². The van der Waals surface area contributed by atoms with Crippen LogP contribution in [-0.2, 0) is 4.79 Å². The van der Waals surface area contributed by atoms with E-state index < -0.39 is 0 Å². The Labute approximate surface area is 169 Å². The molecular weight excluding hydrogens is 352 g/mol. The Hall–Kier alpha value is -2.15. The zero-order chi connectivity index (χ0) is 20.2. The lowest BCUT2D eigenvalue weighted by molar-refractivity contribution is -0.116. The minimum atomic E-state index is -0.0550. The molecule has 1 amide bonds. The van der Waals surface area contributed by atoms with Crippen LogP contribution in [-0.4, -0.2) is 60.5 Å². The topological polar surface area (TPSA) is 81.7 Å². The summed E-state index contributed by atoms with van der Waals surface area (Å²) >= 11 is 0. The van der Waals surface area contributed by atoms with Crippen LogP contribution in [0.3, 0.4) is 0 Å². The standard InChI is InChI=1S/C21H36N6O/c1-4-18-10-6-7-15-27(18)16-14-24-21(22-5-2)23-13-12-20(28)26-19-11-8-9-17(3)25-19/h8-9,11,18H,4-7,10,12-16H2,1-3H3,(H2,22,23,24)(H,25,26,28). The number of carbonyl (C=O) groups is 1. The number of aromatic nitrogens is 1. The molecule has 1 aliphatic rings. The number of aryl methyl sites for hydroxylation is 1. The summed E-state index contributed by atoms with van der Waals surface area (Å²) in [5, 5.41) is 9.33. The molecule has 28 heavy (non-hydrogen) atoms. The van der Waals surface area contributed by atoms with E-state index >= 15 is 0 Å². The maximum absolute atomic E-state index is 12.1. The first-order valence-electron chi connectivity index (χ1n) is 10.6. The Bertz CT molecular complexity index is 633. The van der Waals surface area contributed by atoms with Crippen LogP contribution in [0.1, 0.15) is 51.6 Å². The van der Waals surface area contributed by atoms with Gasteiger partial charge in [-0.3, -0.25) is 14.7 Å². The highest BCUT2D eigenvalue weighted by atomic mass is 16.1. The van der Waals surface area contributed by atoms with Gasteiger partial charge in [0, 0.05) is 37.8 Å². The molecule has 1 atom stereocenters. The predicted octanol–water partition coefficient (Wildman–Crippen LogP) is 2.54. The lowest BCUT2D eigenvalue weighted by Gasteiger charge is -2.34. The van der Waals surface area contributed by atoms with E-state index in [1.165, 1.54) is 32.2 Å². The van der Waals surface area contributed by atoms with Gasteiger partial charge >= 0.3 is 0 Å². The highest BCUT2D eigenvalue weighted by Crippen LogP contribution is 2.18. The lowest BCUT2D eigenvalue weighted by atomic mass is 10.0. The molecule has 0 bridgehead atoms. The van der Waals surface area contributed by atoms with Crippen LogP contribution < -0.4 is 16.0 Å². The molecule has 7 heteroatoms. The second kappa shape index (κ2) is 12.3. The van der Waals surface area contributed by atoms with E-state index in [9.17, 15) is 4.79 Å². The Morgan fingerprint density at radius 1 is 1.29 bits per heavy atom. The van der Waals surface area contributed by atoms with Gasteiger partial charge in [-0.15, -0.1) is 0 Å². The van der Waals surface area contributed by atoms with E-state index in [0.717, 1.165) is 31.3 Å². The van der Waals surface area contributed by atoms with E-state index in [0.29, 0.717) is 24.8 Å². The number of aliphatic imine (C=N–C) groups is 1. The fourth-order valence-corrected chi connectivity index (χ4v) is 3.56. The van der Waals surface area contributed by atoms with Crippen LogP contribution in [0.15, 0.2) is 23.2 Å². The predicted molar refractivity (Wildman–Crippen MR) is 116 cm³/mol. The van der Waals surface area contributed by atoms with Crippen LogP contribution >= 0.6 is 0 Å². The smallest absolute Gasteiger partial charge is 0.227 e. The molecule has 1 aromatic rings. The van der Waals surface area contributed by atoms with Gasteiger partial charge in [0.15, 0.2) is 5.96 Å². The maximum atomic E-state index is 12.1. The second-order valence-electron chi connectivity index (χ2n) is 7.24. The number of likely N-dealkylation sites (tertiary alicyclic amines) is 1. The van der Waals surface area contributed by atoms with E-state index in [2.05, 4.69) is 37.8 Å². The van der Waals surface area contributed by atoms with Crippen molar-refractivity contribution in [1.82, 2.24) is 20.5 Å². The first-order valence-corrected chi connectivity index (χ1v) is 10.6. The van der Waals surface area contributed by atoms with Gasteiger partial charge in [0.2, 0.25) is 5.91 Å². The van der Waals surface area contributed by atoms with Crippen molar-refractivity contribution >= 4 is 17.7 Å². The first-order chi connectivity index (χ1) is 13.6. The molecule has 2 rings (SSSR count). The molecular formula is C21H36N6O. The molecule has 1 unspecified atom stereocenters.